The Bertz CT molecular complexity index is 546. The van der Waals surface area contributed by atoms with Crippen LogP contribution in [0.15, 0.2) is 57.5 Å². The van der Waals surface area contributed by atoms with Gasteiger partial charge in [-0.2, -0.15) is 9.68 Å². The van der Waals surface area contributed by atoms with Crippen LogP contribution in [0.2, 0.25) is 0 Å². The van der Waals surface area contributed by atoms with Gasteiger partial charge in [0.05, 0.1) is 0 Å². The molecule has 0 aromatic heterocycles. The van der Waals surface area contributed by atoms with Gasteiger partial charge in [0, 0.05) is 21.8 Å². The van der Waals surface area contributed by atoms with Crippen molar-refractivity contribution in [2.24, 2.45) is 0 Å². The average Bonchev–Trinajstić information content (AvgIpc) is 2.51. The maximum atomic E-state index is 11.4. The van der Waals surface area contributed by atoms with E-state index >= 15 is 0 Å². The summed E-state index contributed by atoms with van der Waals surface area (Å²) in [6.07, 6.45) is 1.31. The van der Waals surface area contributed by atoms with E-state index in [0.717, 1.165) is 20.1 Å². The molecule has 0 aliphatic carbocycles. The Morgan fingerprint density at radius 1 is 0.727 bits per heavy atom. The topological polar surface area (TPSA) is 38.5 Å². The molecule has 22 heavy (non-hydrogen) atoms. The first kappa shape index (κ1) is 17.0. The summed E-state index contributed by atoms with van der Waals surface area (Å²) in [6, 6.07) is 15.8. The fourth-order valence-electron chi connectivity index (χ4n) is 1.82. The van der Waals surface area contributed by atoms with Gasteiger partial charge >= 0.3 is 5.09 Å². The molecule has 0 spiro atoms. The lowest BCUT2D eigenvalue weighted by Gasteiger charge is -1.99. The molecule has 2 aromatic carbocycles. The zero-order chi connectivity index (χ0) is 15.8. The van der Waals surface area contributed by atoms with Crippen molar-refractivity contribution in [1.29, 1.82) is 0 Å². The van der Waals surface area contributed by atoms with E-state index in [2.05, 4.69) is 31.9 Å². The Morgan fingerprint density at radius 3 is 1.45 bits per heavy atom. The standard InChI is InChI=1S/C16H16Br2NO3/c17-15-5-1-13(2-6-15)9-11-21-19(20)22-12-10-14-3-7-16(18)8-4-14/h1-8H,9-12H2/q+1. The number of rotatable bonds is 8. The molecule has 0 amide bonds. The molecule has 0 unspecified atom stereocenters. The predicted molar refractivity (Wildman–Crippen MR) is 91.2 cm³/mol. The molecule has 4 nitrogen and oxygen atoms in total. The molecule has 0 atom stereocenters. The zero-order valence-electron chi connectivity index (χ0n) is 11.9. The number of halogens is 2. The highest BCUT2D eigenvalue weighted by atomic mass is 79.9. The highest BCUT2D eigenvalue weighted by molar-refractivity contribution is 9.10. The van der Waals surface area contributed by atoms with Crippen LogP contribution in [0.3, 0.4) is 0 Å². The quantitative estimate of drug-likeness (QED) is 0.573. The normalized spacial score (nSPS) is 10.3. The summed E-state index contributed by atoms with van der Waals surface area (Å²) in [5.74, 6) is 0. The van der Waals surface area contributed by atoms with Crippen LogP contribution in [-0.2, 0) is 22.5 Å². The van der Waals surface area contributed by atoms with Gasteiger partial charge in [-0.3, -0.25) is 0 Å². The van der Waals surface area contributed by atoms with E-state index in [4.69, 9.17) is 9.68 Å². The highest BCUT2D eigenvalue weighted by Gasteiger charge is 2.12. The largest absolute Gasteiger partial charge is 0.477 e. The van der Waals surface area contributed by atoms with Crippen molar-refractivity contribution in [3.05, 3.63) is 73.5 Å². The Morgan fingerprint density at radius 2 is 1.09 bits per heavy atom. The van der Waals surface area contributed by atoms with E-state index in [1.165, 1.54) is 0 Å². The molecule has 0 saturated heterocycles. The summed E-state index contributed by atoms with van der Waals surface area (Å²) in [5.41, 5.74) is 2.21. The predicted octanol–water partition coefficient (Wildman–Crippen LogP) is 4.64. The van der Waals surface area contributed by atoms with Crippen LogP contribution >= 0.6 is 31.9 Å². The molecular weight excluding hydrogens is 414 g/mol. The second-order valence-corrected chi connectivity index (χ2v) is 6.47. The lowest BCUT2D eigenvalue weighted by atomic mass is 10.2. The molecule has 0 heterocycles. The average molecular weight is 430 g/mol. The summed E-state index contributed by atoms with van der Waals surface area (Å²) < 4.78 is 2.05. The molecule has 0 N–H and O–H groups in total. The van der Waals surface area contributed by atoms with Crippen LogP contribution in [0.4, 0.5) is 0 Å². The number of benzene rings is 2. The molecule has 0 aliphatic heterocycles. The smallest absolute Gasteiger partial charge is 0.186 e. The first-order chi connectivity index (χ1) is 10.6. The maximum absolute atomic E-state index is 11.4. The van der Waals surface area contributed by atoms with Crippen molar-refractivity contribution in [3.8, 4) is 0 Å². The van der Waals surface area contributed by atoms with Crippen LogP contribution < -0.4 is 0 Å². The molecule has 6 heteroatoms. The Hall–Kier alpha value is -1.40. The van der Waals surface area contributed by atoms with E-state index in [-0.39, 0.29) is 18.3 Å². The van der Waals surface area contributed by atoms with Crippen LogP contribution in [-0.4, -0.2) is 18.3 Å². The molecule has 0 radical (unpaired) electrons. The summed E-state index contributed by atoms with van der Waals surface area (Å²) >= 11 is 6.75. The van der Waals surface area contributed by atoms with E-state index in [1.54, 1.807) is 0 Å². The van der Waals surface area contributed by atoms with Gasteiger partial charge in [0.15, 0.2) is 13.2 Å². The first-order valence-electron chi connectivity index (χ1n) is 6.85. The molecule has 2 rings (SSSR count). The lowest BCUT2D eigenvalue weighted by molar-refractivity contribution is -0.981. The summed E-state index contributed by atoms with van der Waals surface area (Å²) in [6.45, 7) is 0.562. The Balaban J connectivity index is 1.61. The minimum Gasteiger partial charge on any atom is -0.186 e. The fraction of sp³-hybridized carbons (Fsp3) is 0.250. The SMILES string of the molecule is O=[N+](OCCc1ccc(Br)cc1)OCCc1ccc(Br)cc1. The molecular formula is C16H16Br2NO3+. The van der Waals surface area contributed by atoms with Crippen molar-refractivity contribution < 1.29 is 14.8 Å². The number of nitrogens with zero attached hydrogens (tertiary/aromatic N) is 1. The second kappa shape index (κ2) is 8.90. The minimum absolute atomic E-state index is 0.192. The van der Waals surface area contributed by atoms with Crippen molar-refractivity contribution in [2.75, 3.05) is 13.2 Å². The fourth-order valence-corrected chi connectivity index (χ4v) is 2.34. The second-order valence-electron chi connectivity index (χ2n) is 4.64. The van der Waals surface area contributed by atoms with E-state index in [9.17, 15) is 4.91 Å². The van der Waals surface area contributed by atoms with Crippen LogP contribution in [0.25, 0.3) is 0 Å². The monoisotopic (exact) mass is 428 g/mol. The summed E-state index contributed by atoms with van der Waals surface area (Å²) in [4.78, 5) is 21.3. The van der Waals surface area contributed by atoms with E-state index in [0.29, 0.717) is 12.8 Å². The van der Waals surface area contributed by atoms with Gasteiger partial charge in [-0.25, -0.2) is 0 Å². The number of hydrogen-bond donors (Lipinski definition) is 0. The Labute approximate surface area is 146 Å². The van der Waals surface area contributed by atoms with Crippen molar-refractivity contribution >= 4 is 31.9 Å². The summed E-state index contributed by atoms with van der Waals surface area (Å²) in [7, 11) is 0. The van der Waals surface area contributed by atoms with Crippen LogP contribution in [0, 0.1) is 4.91 Å². The van der Waals surface area contributed by atoms with Crippen molar-refractivity contribution in [3.63, 3.8) is 0 Å². The minimum atomic E-state index is 0.192. The van der Waals surface area contributed by atoms with Gasteiger partial charge < -0.3 is 0 Å². The molecule has 0 aliphatic rings. The summed E-state index contributed by atoms with van der Waals surface area (Å²) in [5, 5.41) is 0.192. The first-order valence-corrected chi connectivity index (χ1v) is 8.44. The molecule has 0 saturated carbocycles. The van der Waals surface area contributed by atoms with Crippen molar-refractivity contribution in [1.82, 2.24) is 0 Å². The third-order valence-corrected chi connectivity index (χ3v) is 4.06. The van der Waals surface area contributed by atoms with Crippen molar-refractivity contribution in [2.45, 2.75) is 12.8 Å². The Kier molecular flexibility index (Phi) is 6.86. The van der Waals surface area contributed by atoms with Gasteiger partial charge in [0.2, 0.25) is 0 Å². The molecule has 2 aromatic rings. The zero-order valence-corrected chi connectivity index (χ0v) is 15.0. The molecule has 0 fully saturated rings. The maximum Gasteiger partial charge on any atom is 0.477 e. The molecule has 116 valence electrons. The molecule has 0 bridgehead atoms. The highest BCUT2D eigenvalue weighted by Crippen LogP contribution is 2.12. The third-order valence-electron chi connectivity index (χ3n) is 3.00. The number of hydrogen-bond acceptors (Lipinski definition) is 3. The van der Waals surface area contributed by atoms with Gasteiger partial charge in [-0.1, -0.05) is 56.1 Å². The van der Waals surface area contributed by atoms with Crippen LogP contribution in [0.1, 0.15) is 11.1 Å². The van der Waals surface area contributed by atoms with Gasteiger partial charge in [0.1, 0.15) is 4.91 Å². The van der Waals surface area contributed by atoms with E-state index in [1.807, 2.05) is 48.5 Å². The van der Waals surface area contributed by atoms with Gasteiger partial charge in [-0.15, -0.1) is 0 Å². The lowest BCUT2D eigenvalue weighted by Crippen LogP contribution is -2.14. The third kappa shape index (κ3) is 6.15. The van der Waals surface area contributed by atoms with Gasteiger partial charge in [0.25, 0.3) is 0 Å². The van der Waals surface area contributed by atoms with Gasteiger partial charge in [-0.05, 0) is 35.4 Å². The van der Waals surface area contributed by atoms with Crippen LogP contribution in [0.5, 0.6) is 0 Å². The van der Waals surface area contributed by atoms with E-state index < -0.39 is 0 Å².